The molecule has 20 heavy (non-hydrogen) atoms. The van der Waals surface area contributed by atoms with Crippen molar-refractivity contribution in [3.63, 3.8) is 0 Å². The summed E-state index contributed by atoms with van der Waals surface area (Å²) >= 11 is 0. The molecule has 0 amide bonds. The molecular weight excluding hydrogens is 250 g/mol. The summed E-state index contributed by atoms with van der Waals surface area (Å²) in [6, 6.07) is 11.7. The highest BCUT2D eigenvalue weighted by atomic mass is 16.1. The minimum atomic E-state index is 0.0319. The topological polar surface area (TPSA) is 46.1 Å². The van der Waals surface area contributed by atoms with Gasteiger partial charge in [0.15, 0.2) is 0 Å². The van der Waals surface area contributed by atoms with E-state index >= 15 is 0 Å². The number of pyridine rings is 2. The fourth-order valence-corrected chi connectivity index (χ4v) is 2.79. The summed E-state index contributed by atoms with van der Waals surface area (Å²) in [4.78, 5) is 23.1. The number of hydrogen-bond acceptors (Lipinski definition) is 4. The van der Waals surface area contributed by atoms with E-state index in [1.165, 1.54) is 0 Å². The van der Waals surface area contributed by atoms with Crippen molar-refractivity contribution in [1.82, 2.24) is 14.9 Å². The van der Waals surface area contributed by atoms with Gasteiger partial charge in [-0.25, -0.2) is 0 Å². The zero-order chi connectivity index (χ0) is 13.9. The van der Waals surface area contributed by atoms with Crippen LogP contribution in [0.25, 0.3) is 0 Å². The Morgan fingerprint density at radius 2 is 1.45 bits per heavy atom. The molecular formula is C16H17N3O. The Hall–Kier alpha value is -2.07. The Labute approximate surface area is 118 Å². The second-order valence-electron chi connectivity index (χ2n) is 5.15. The van der Waals surface area contributed by atoms with Crippen molar-refractivity contribution in [1.29, 1.82) is 0 Å². The molecule has 3 rings (SSSR count). The van der Waals surface area contributed by atoms with E-state index in [4.69, 9.17) is 0 Å². The maximum Gasteiger partial charge on any atom is 0.136 e. The highest BCUT2D eigenvalue weighted by Crippen LogP contribution is 2.37. The third-order valence-electron chi connectivity index (χ3n) is 3.88. The first-order valence-corrected chi connectivity index (χ1v) is 6.81. The first kappa shape index (κ1) is 12.9. The Morgan fingerprint density at radius 1 is 0.950 bits per heavy atom. The molecule has 2 aromatic rings. The van der Waals surface area contributed by atoms with Crippen LogP contribution >= 0.6 is 0 Å². The minimum Gasteiger partial charge on any atom is -0.300 e. The van der Waals surface area contributed by atoms with E-state index in [2.05, 4.69) is 14.9 Å². The Bertz CT molecular complexity index is 534. The maximum atomic E-state index is 12.1. The van der Waals surface area contributed by atoms with Crippen molar-refractivity contribution < 1.29 is 4.79 Å². The highest BCUT2D eigenvalue weighted by Gasteiger charge is 2.35. The van der Waals surface area contributed by atoms with Gasteiger partial charge in [0.1, 0.15) is 5.78 Å². The van der Waals surface area contributed by atoms with E-state index in [1.54, 1.807) is 12.4 Å². The van der Waals surface area contributed by atoms with Crippen LogP contribution < -0.4 is 0 Å². The largest absolute Gasteiger partial charge is 0.300 e. The summed E-state index contributed by atoms with van der Waals surface area (Å²) in [7, 11) is 2.05. The molecule has 2 unspecified atom stereocenters. The third-order valence-corrected chi connectivity index (χ3v) is 3.88. The molecule has 0 radical (unpaired) electrons. The first-order valence-electron chi connectivity index (χ1n) is 6.81. The van der Waals surface area contributed by atoms with Crippen molar-refractivity contribution >= 4 is 5.78 Å². The van der Waals surface area contributed by atoms with E-state index in [0.29, 0.717) is 12.8 Å². The molecule has 102 valence electrons. The molecule has 4 nitrogen and oxygen atoms in total. The van der Waals surface area contributed by atoms with Crippen molar-refractivity contribution in [3.05, 3.63) is 60.2 Å². The number of hydrogen-bond donors (Lipinski definition) is 0. The molecule has 0 bridgehead atoms. The lowest BCUT2D eigenvalue weighted by Crippen LogP contribution is -2.37. The van der Waals surface area contributed by atoms with E-state index in [0.717, 1.165) is 11.4 Å². The number of rotatable bonds is 2. The van der Waals surface area contributed by atoms with Gasteiger partial charge >= 0.3 is 0 Å². The highest BCUT2D eigenvalue weighted by molar-refractivity contribution is 5.80. The average molecular weight is 267 g/mol. The van der Waals surface area contributed by atoms with Gasteiger partial charge in [-0.05, 0) is 31.3 Å². The number of carbonyl (C=O) groups excluding carboxylic acids is 1. The van der Waals surface area contributed by atoms with Crippen molar-refractivity contribution in [2.75, 3.05) is 7.05 Å². The predicted molar refractivity (Wildman–Crippen MR) is 76.0 cm³/mol. The molecule has 1 aliphatic heterocycles. The van der Waals surface area contributed by atoms with Crippen molar-refractivity contribution in [2.24, 2.45) is 0 Å². The molecule has 0 aromatic carbocycles. The van der Waals surface area contributed by atoms with Crippen LogP contribution in [0.15, 0.2) is 48.8 Å². The van der Waals surface area contributed by atoms with Gasteiger partial charge in [0.2, 0.25) is 0 Å². The summed E-state index contributed by atoms with van der Waals surface area (Å²) in [5, 5.41) is 0. The van der Waals surface area contributed by atoms with Gasteiger partial charge in [0.25, 0.3) is 0 Å². The summed E-state index contributed by atoms with van der Waals surface area (Å²) < 4.78 is 0. The summed E-state index contributed by atoms with van der Waals surface area (Å²) in [5.41, 5.74) is 1.90. The summed E-state index contributed by atoms with van der Waals surface area (Å²) in [6.07, 6.45) is 4.60. The number of Topliss-reactive ketones (excluding diaryl/α,β-unsaturated/α-hetero) is 1. The fourth-order valence-electron chi connectivity index (χ4n) is 2.79. The fraction of sp³-hybridized carbons (Fsp3) is 0.312. The number of ketones is 1. The van der Waals surface area contributed by atoms with E-state index in [9.17, 15) is 4.79 Å². The van der Waals surface area contributed by atoms with Crippen LogP contribution in [0.4, 0.5) is 0 Å². The molecule has 0 N–H and O–H groups in total. The average Bonchev–Trinajstić information content (AvgIpc) is 2.51. The first-order chi connectivity index (χ1) is 9.75. The normalized spacial score (nSPS) is 23.8. The molecule has 0 spiro atoms. The van der Waals surface area contributed by atoms with Crippen LogP contribution in [0.3, 0.4) is 0 Å². The molecule has 0 saturated carbocycles. The van der Waals surface area contributed by atoms with Gasteiger partial charge in [-0.1, -0.05) is 12.1 Å². The molecule has 4 heteroatoms. The van der Waals surface area contributed by atoms with Crippen LogP contribution in [0.2, 0.25) is 0 Å². The van der Waals surface area contributed by atoms with Crippen molar-refractivity contribution in [2.45, 2.75) is 24.9 Å². The number of aromatic nitrogens is 2. The number of nitrogens with zero attached hydrogens (tertiary/aromatic N) is 3. The molecule has 1 saturated heterocycles. The number of likely N-dealkylation sites (tertiary alicyclic amines) is 1. The molecule has 2 aromatic heterocycles. The zero-order valence-corrected chi connectivity index (χ0v) is 11.4. The lowest BCUT2D eigenvalue weighted by Gasteiger charge is -2.38. The monoisotopic (exact) mass is 267 g/mol. The second kappa shape index (κ2) is 5.51. The lowest BCUT2D eigenvalue weighted by atomic mass is 9.91. The molecule has 2 atom stereocenters. The molecule has 0 aliphatic carbocycles. The smallest absolute Gasteiger partial charge is 0.136 e. The van der Waals surface area contributed by atoms with Crippen LogP contribution in [0.1, 0.15) is 36.3 Å². The second-order valence-corrected chi connectivity index (χ2v) is 5.15. The van der Waals surface area contributed by atoms with E-state index in [-0.39, 0.29) is 17.9 Å². The van der Waals surface area contributed by atoms with Gasteiger partial charge < -0.3 is 0 Å². The SMILES string of the molecule is CN1C(c2ccccn2)CC(=O)CC1c1ccccn1. The van der Waals surface area contributed by atoms with Gasteiger partial charge in [0, 0.05) is 25.2 Å². The van der Waals surface area contributed by atoms with Gasteiger partial charge in [-0.2, -0.15) is 0 Å². The van der Waals surface area contributed by atoms with Crippen molar-refractivity contribution in [3.8, 4) is 0 Å². The Morgan fingerprint density at radius 3 is 1.85 bits per heavy atom. The van der Waals surface area contributed by atoms with Gasteiger partial charge in [0.05, 0.1) is 23.5 Å². The van der Waals surface area contributed by atoms with Crippen LogP contribution in [-0.2, 0) is 4.79 Å². The minimum absolute atomic E-state index is 0.0319. The standard InChI is InChI=1S/C16H17N3O/c1-19-15(13-6-2-4-8-17-13)10-12(20)11-16(19)14-7-3-5-9-18-14/h2-9,15-16H,10-11H2,1H3. The Balaban J connectivity index is 1.92. The van der Waals surface area contributed by atoms with Gasteiger partial charge in [-0.3, -0.25) is 19.7 Å². The quantitative estimate of drug-likeness (QED) is 0.839. The van der Waals surface area contributed by atoms with Crippen LogP contribution in [0.5, 0.6) is 0 Å². The Kier molecular flexibility index (Phi) is 3.56. The predicted octanol–water partition coefficient (Wildman–Crippen LogP) is 2.55. The molecule has 1 aliphatic rings. The van der Waals surface area contributed by atoms with Crippen LogP contribution in [0, 0.1) is 0 Å². The summed E-state index contributed by atoms with van der Waals surface area (Å²) in [5.74, 6) is 0.273. The lowest BCUT2D eigenvalue weighted by molar-refractivity contribution is -0.125. The van der Waals surface area contributed by atoms with Gasteiger partial charge in [-0.15, -0.1) is 0 Å². The van der Waals surface area contributed by atoms with E-state index < -0.39 is 0 Å². The molecule has 1 fully saturated rings. The molecule has 3 heterocycles. The number of piperidine rings is 1. The summed E-state index contributed by atoms with van der Waals surface area (Å²) in [6.45, 7) is 0. The van der Waals surface area contributed by atoms with Crippen LogP contribution in [-0.4, -0.2) is 27.7 Å². The maximum absolute atomic E-state index is 12.1. The van der Waals surface area contributed by atoms with E-state index in [1.807, 2.05) is 43.4 Å². The number of carbonyl (C=O) groups is 1. The zero-order valence-electron chi connectivity index (χ0n) is 11.4. The third kappa shape index (κ3) is 2.47.